The van der Waals surface area contributed by atoms with Crippen molar-refractivity contribution in [1.29, 1.82) is 0 Å². The van der Waals surface area contributed by atoms with Gasteiger partial charge in [-0.3, -0.25) is 0 Å². The van der Waals surface area contributed by atoms with Crippen molar-refractivity contribution in [3.63, 3.8) is 0 Å². The van der Waals surface area contributed by atoms with Crippen molar-refractivity contribution in [3.8, 4) is 0 Å². The molecule has 0 aliphatic carbocycles. The molecule has 0 saturated heterocycles. The van der Waals surface area contributed by atoms with E-state index in [1.807, 2.05) is 0 Å². The lowest BCUT2D eigenvalue weighted by atomic mass is 10.1. The largest absolute Gasteiger partial charge is 0.204 e. The van der Waals surface area contributed by atoms with E-state index in [1.165, 1.54) is 26.1 Å². The Balaban J connectivity index is 2.25. The van der Waals surface area contributed by atoms with Gasteiger partial charge in [-0.05, 0) is 57.0 Å². The van der Waals surface area contributed by atoms with Gasteiger partial charge in [-0.15, -0.1) is 0 Å². The minimum Gasteiger partial charge on any atom is -0.204 e. The van der Waals surface area contributed by atoms with Gasteiger partial charge in [0.2, 0.25) is 0 Å². The number of benzene rings is 2. The molecule has 6 heteroatoms. The topological polar surface area (TPSA) is 24.7 Å². The smallest absolute Gasteiger partial charge is 0.0903 e. The molecule has 2 aromatic carbocycles. The van der Waals surface area contributed by atoms with E-state index in [2.05, 4.69) is 33.9 Å². The summed E-state index contributed by atoms with van der Waals surface area (Å²) < 4.78 is 8.90. The molecule has 2 nitrogen and oxygen atoms in total. The number of rotatable bonds is 0. The van der Waals surface area contributed by atoms with E-state index in [4.69, 9.17) is 0 Å². The van der Waals surface area contributed by atoms with Crippen LogP contribution in [0.2, 0.25) is 0 Å². The summed E-state index contributed by atoms with van der Waals surface area (Å²) in [4.78, 5) is 2.61. The third-order valence-electron chi connectivity index (χ3n) is 2.87. The fourth-order valence-corrected chi connectivity index (χ4v) is 6.13. The zero-order chi connectivity index (χ0) is 11.4. The van der Waals surface area contributed by atoms with Gasteiger partial charge in [0.05, 0.1) is 20.5 Å². The van der Waals surface area contributed by atoms with Crippen molar-refractivity contribution in [3.05, 3.63) is 34.5 Å². The Labute approximate surface area is 114 Å². The van der Waals surface area contributed by atoms with Crippen molar-refractivity contribution in [1.82, 2.24) is 0 Å². The molecule has 0 fully saturated rings. The molecule has 2 heterocycles. The van der Waals surface area contributed by atoms with Gasteiger partial charge < -0.3 is 0 Å². The van der Waals surface area contributed by atoms with Crippen LogP contribution in [0.4, 0.5) is 0 Å². The summed E-state index contributed by atoms with van der Waals surface area (Å²) in [5, 5.41) is 4.90. The molecule has 0 atom stereocenters. The second-order valence-electron chi connectivity index (χ2n) is 3.88. The summed E-state index contributed by atoms with van der Waals surface area (Å²) in [6.07, 6.45) is 0. The number of aryl methyl sites for hydroxylation is 1. The number of hydrogen-bond donors (Lipinski definition) is 0. The van der Waals surface area contributed by atoms with Crippen molar-refractivity contribution in [2.75, 3.05) is 0 Å². The molecule has 0 radical (unpaired) electrons. The van der Waals surface area contributed by atoms with Crippen LogP contribution in [0.3, 0.4) is 0 Å². The van der Waals surface area contributed by atoms with E-state index in [1.54, 1.807) is 43.5 Å². The summed E-state index contributed by atoms with van der Waals surface area (Å²) >= 11 is 0. The Bertz CT molecular complexity index is 769. The van der Waals surface area contributed by atoms with Crippen LogP contribution in [-0.4, -0.2) is 0 Å². The maximum Gasteiger partial charge on any atom is 0.0903 e. The maximum absolute atomic E-state index is 4.49. The summed E-state index contributed by atoms with van der Waals surface area (Å²) in [7, 11) is 6.65. The summed E-state index contributed by atoms with van der Waals surface area (Å²) in [6, 6.07) is 6.54. The van der Waals surface area contributed by atoms with Crippen LogP contribution in [0, 0.1) is 6.92 Å². The molecule has 0 bridgehead atoms. The molecular weight excluding hydrogens is 288 g/mol. The van der Waals surface area contributed by atoms with Gasteiger partial charge in [0.25, 0.3) is 0 Å². The van der Waals surface area contributed by atoms with Gasteiger partial charge in [-0.25, -0.2) is 8.80 Å². The highest BCUT2D eigenvalue weighted by atomic mass is 33.1. The normalized spacial score (nSPS) is 16.5. The maximum atomic E-state index is 4.49. The molecule has 0 spiro atoms. The molecule has 0 aromatic heterocycles. The molecule has 2 aromatic rings. The Hall–Kier alpha value is -0.300. The van der Waals surface area contributed by atoms with Gasteiger partial charge in [-0.2, -0.15) is 0 Å². The molecule has 2 aliphatic heterocycles. The standard InChI is InChI=1S/C11H6N2S4/c1-5-4-7-6(11-9(5)13-17-15-11)2-3-8-10(7)14-16-12-8/h2-4H,1H3. The monoisotopic (exact) mass is 294 g/mol. The molecular formula is C11H6N2S4. The average molecular weight is 294 g/mol. The van der Waals surface area contributed by atoms with Gasteiger partial charge >= 0.3 is 0 Å². The van der Waals surface area contributed by atoms with Gasteiger partial charge in [0.15, 0.2) is 0 Å². The van der Waals surface area contributed by atoms with E-state index in [9.17, 15) is 0 Å². The second-order valence-corrected chi connectivity index (χ2v) is 7.59. The molecule has 0 N–H and O–H groups in total. The molecule has 2 aliphatic rings. The fourth-order valence-electron chi connectivity index (χ4n) is 2.07. The van der Waals surface area contributed by atoms with Crippen LogP contribution < -0.4 is 10.7 Å². The Morgan fingerprint density at radius 1 is 0.941 bits per heavy atom. The first-order valence-corrected chi connectivity index (χ1v) is 9.26. The number of fused-ring (bicyclic) bond motifs is 5. The van der Waals surface area contributed by atoms with Crippen molar-refractivity contribution in [2.45, 2.75) is 16.7 Å². The van der Waals surface area contributed by atoms with E-state index < -0.39 is 0 Å². The van der Waals surface area contributed by atoms with Crippen molar-refractivity contribution in [2.24, 2.45) is 8.80 Å². The molecule has 17 heavy (non-hydrogen) atoms. The molecule has 0 amide bonds. The van der Waals surface area contributed by atoms with Crippen molar-refractivity contribution >= 4 is 54.3 Å². The zero-order valence-electron chi connectivity index (χ0n) is 8.76. The van der Waals surface area contributed by atoms with E-state index in [-0.39, 0.29) is 0 Å². The first-order valence-electron chi connectivity index (χ1n) is 5.04. The summed E-state index contributed by atoms with van der Waals surface area (Å²) in [5.74, 6) is 0. The third-order valence-corrected chi connectivity index (χ3v) is 6.62. The highest BCUT2D eigenvalue weighted by molar-refractivity contribution is 8.76. The quantitative estimate of drug-likeness (QED) is 0.546. The van der Waals surface area contributed by atoms with Crippen LogP contribution in [0.5, 0.6) is 0 Å². The van der Waals surface area contributed by atoms with Gasteiger partial charge in [-0.1, -0.05) is 6.07 Å². The Morgan fingerprint density at radius 2 is 1.76 bits per heavy atom. The first-order chi connectivity index (χ1) is 8.34. The minimum absolute atomic E-state index is 1.11. The highest BCUT2D eigenvalue weighted by Gasteiger charge is 2.18. The Kier molecular flexibility index (Phi) is 2.40. The fraction of sp³-hybridized carbons (Fsp3) is 0.0909. The first kappa shape index (κ1) is 10.6. The average Bonchev–Trinajstić information content (AvgIpc) is 2.97. The molecule has 4 rings (SSSR count). The van der Waals surface area contributed by atoms with E-state index in [0.29, 0.717) is 0 Å². The van der Waals surface area contributed by atoms with Gasteiger partial charge in [0, 0.05) is 22.0 Å². The van der Waals surface area contributed by atoms with E-state index in [0.717, 1.165) is 10.7 Å². The summed E-state index contributed by atoms with van der Waals surface area (Å²) in [6.45, 7) is 2.14. The van der Waals surface area contributed by atoms with Gasteiger partial charge in [0.1, 0.15) is 0 Å². The van der Waals surface area contributed by atoms with Crippen LogP contribution in [0.1, 0.15) is 5.56 Å². The predicted molar refractivity (Wildman–Crippen MR) is 77.9 cm³/mol. The second kappa shape index (κ2) is 3.85. The van der Waals surface area contributed by atoms with Crippen LogP contribution >= 0.6 is 43.5 Å². The zero-order valence-corrected chi connectivity index (χ0v) is 12.0. The number of hydrogen-bond acceptors (Lipinski definition) is 6. The third kappa shape index (κ3) is 1.47. The number of nitrogens with zero attached hydrogens (tertiary/aromatic N) is 2. The van der Waals surface area contributed by atoms with Crippen LogP contribution in [-0.2, 0) is 0 Å². The molecule has 0 saturated carbocycles. The Morgan fingerprint density at radius 3 is 2.71 bits per heavy atom. The van der Waals surface area contributed by atoms with Crippen LogP contribution in [0.15, 0.2) is 36.8 Å². The lowest BCUT2D eigenvalue weighted by molar-refractivity contribution is 1.25. The molecule has 84 valence electrons. The summed E-state index contributed by atoms with van der Waals surface area (Å²) in [5.41, 5.74) is 1.26. The lowest BCUT2D eigenvalue weighted by Gasteiger charge is -2.05. The minimum atomic E-state index is 1.11. The SMILES string of the molecule is Cc1cc2c3c(ccc2c2c1=NSS2)=NSS3. The van der Waals surface area contributed by atoms with Crippen molar-refractivity contribution < 1.29 is 0 Å². The highest BCUT2D eigenvalue weighted by Crippen LogP contribution is 2.43. The predicted octanol–water partition coefficient (Wildman–Crippen LogP) is 3.73. The van der Waals surface area contributed by atoms with Crippen LogP contribution in [0.25, 0.3) is 10.8 Å². The van der Waals surface area contributed by atoms with E-state index >= 15 is 0 Å². The molecule has 0 unspecified atom stereocenters. The lowest BCUT2D eigenvalue weighted by Crippen LogP contribution is -2.09.